The predicted octanol–water partition coefficient (Wildman–Crippen LogP) is 3.19. The molecule has 0 heterocycles. The highest BCUT2D eigenvalue weighted by atomic mass is 79.9. The molecule has 1 aliphatic rings. The van der Waals surface area contributed by atoms with Crippen molar-refractivity contribution in [2.75, 3.05) is 10.7 Å². The summed E-state index contributed by atoms with van der Waals surface area (Å²) in [6, 6.07) is 0. The van der Waals surface area contributed by atoms with Crippen LogP contribution in [0.25, 0.3) is 0 Å². The van der Waals surface area contributed by atoms with E-state index < -0.39 is 0 Å². The predicted molar refractivity (Wildman–Crippen MR) is 48.4 cm³/mol. The van der Waals surface area contributed by atoms with Crippen molar-refractivity contribution in [2.45, 2.75) is 19.3 Å². The Morgan fingerprint density at radius 3 is 1.78 bits per heavy atom. The van der Waals surface area contributed by atoms with Gasteiger partial charge in [-0.2, -0.15) is 0 Å². The summed E-state index contributed by atoms with van der Waals surface area (Å²) < 4.78 is 0. The van der Waals surface area contributed by atoms with Crippen LogP contribution in [0.3, 0.4) is 0 Å². The lowest BCUT2D eigenvalue weighted by atomic mass is 10.0. The summed E-state index contributed by atoms with van der Waals surface area (Å²) in [5, 5.41) is 2.40. The molecule has 0 saturated heterocycles. The summed E-state index contributed by atoms with van der Waals surface area (Å²) in [5.41, 5.74) is 0. The molecule has 2 atom stereocenters. The van der Waals surface area contributed by atoms with Crippen molar-refractivity contribution in [3.8, 4) is 0 Å². The molecule has 1 saturated carbocycles. The molecule has 0 radical (unpaired) electrons. The zero-order valence-corrected chi connectivity index (χ0v) is 8.62. The first-order chi connectivity index (χ1) is 4.38. The van der Waals surface area contributed by atoms with E-state index in [1.54, 1.807) is 0 Å². The van der Waals surface area contributed by atoms with Gasteiger partial charge in [-0.1, -0.05) is 38.3 Å². The second-order valence-corrected chi connectivity index (χ2v) is 4.05. The fraction of sp³-hybridized carbons (Fsp3) is 1.00. The van der Waals surface area contributed by atoms with E-state index in [0.717, 1.165) is 11.8 Å². The maximum atomic E-state index is 3.54. The normalized spacial score (nSPS) is 35.3. The SMILES string of the molecule is BrCC1CCCC1CBr. The van der Waals surface area contributed by atoms with Gasteiger partial charge in [-0.05, 0) is 24.7 Å². The molecule has 0 aromatic heterocycles. The third-order valence-corrected chi connectivity index (χ3v) is 3.88. The minimum atomic E-state index is 0.948. The highest BCUT2D eigenvalue weighted by Crippen LogP contribution is 2.33. The molecule has 2 unspecified atom stereocenters. The summed E-state index contributed by atoms with van der Waals surface area (Å²) in [4.78, 5) is 0. The second kappa shape index (κ2) is 3.97. The van der Waals surface area contributed by atoms with Gasteiger partial charge in [0, 0.05) is 10.7 Å². The molecule has 0 nitrogen and oxygen atoms in total. The van der Waals surface area contributed by atoms with Crippen LogP contribution < -0.4 is 0 Å². The molecule has 0 N–H and O–H groups in total. The summed E-state index contributed by atoms with van der Waals surface area (Å²) in [7, 11) is 0. The van der Waals surface area contributed by atoms with Crippen LogP contribution in [-0.4, -0.2) is 10.7 Å². The van der Waals surface area contributed by atoms with Gasteiger partial charge in [0.05, 0.1) is 0 Å². The van der Waals surface area contributed by atoms with Crippen LogP contribution >= 0.6 is 31.9 Å². The second-order valence-electron chi connectivity index (χ2n) is 2.76. The standard InChI is InChI=1S/C7H12Br2/c8-4-6-2-1-3-7(6)5-9/h6-7H,1-5H2. The van der Waals surface area contributed by atoms with E-state index >= 15 is 0 Å². The average Bonchev–Trinajstić information content (AvgIpc) is 2.33. The van der Waals surface area contributed by atoms with Crippen LogP contribution in [0.2, 0.25) is 0 Å². The van der Waals surface area contributed by atoms with Gasteiger partial charge in [-0.15, -0.1) is 0 Å². The highest BCUT2D eigenvalue weighted by Gasteiger charge is 2.24. The maximum absolute atomic E-state index is 3.54. The molecule has 0 aromatic carbocycles. The molecule has 0 bridgehead atoms. The van der Waals surface area contributed by atoms with Gasteiger partial charge in [0.25, 0.3) is 0 Å². The number of hydrogen-bond acceptors (Lipinski definition) is 0. The van der Waals surface area contributed by atoms with E-state index in [9.17, 15) is 0 Å². The van der Waals surface area contributed by atoms with Crippen LogP contribution in [-0.2, 0) is 0 Å². The lowest BCUT2D eigenvalue weighted by Gasteiger charge is -2.12. The first-order valence-electron chi connectivity index (χ1n) is 3.50. The van der Waals surface area contributed by atoms with Crippen molar-refractivity contribution in [2.24, 2.45) is 11.8 Å². The fourth-order valence-electron chi connectivity index (χ4n) is 1.52. The van der Waals surface area contributed by atoms with Crippen molar-refractivity contribution < 1.29 is 0 Å². The van der Waals surface area contributed by atoms with E-state index in [4.69, 9.17) is 0 Å². The lowest BCUT2D eigenvalue weighted by molar-refractivity contribution is 0.477. The van der Waals surface area contributed by atoms with Gasteiger partial charge in [0.1, 0.15) is 0 Å². The van der Waals surface area contributed by atoms with Gasteiger partial charge in [0.2, 0.25) is 0 Å². The molecule has 1 aliphatic carbocycles. The largest absolute Gasteiger partial charge is 0.0925 e. The quantitative estimate of drug-likeness (QED) is 0.665. The Labute approximate surface area is 73.7 Å². The number of alkyl halides is 2. The molecule has 0 aromatic rings. The molecular formula is C7H12Br2. The molecule has 1 rings (SSSR count). The van der Waals surface area contributed by atoms with Crippen molar-refractivity contribution >= 4 is 31.9 Å². The van der Waals surface area contributed by atoms with Crippen molar-refractivity contribution in [3.63, 3.8) is 0 Å². The molecule has 1 fully saturated rings. The van der Waals surface area contributed by atoms with Crippen LogP contribution in [0.15, 0.2) is 0 Å². The van der Waals surface area contributed by atoms with E-state index in [0.29, 0.717) is 0 Å². The first-order valence-corrected chi connectivity index (χ1v) is 5.74. The Bertz CT molecular complexity index is 73.0. The third-order valence-electron chi connectivity index (χ3n) is 2.21. The van der Waals surface area contributed by atoms with Crippen LogP contribution in [0, 0.1) is 11.8 Å². The molecule has 9 heavy (non-hydrogen) atoms. The maximum Gasteiger partial charge on any atom is 0.00626 e. The van der Waals surface area contributed by atoms with Gasteiger partial charge < -0.3 is 0 Å². The molecule has 0 amide bonds. The summed E-state index contributed by atoms with van der Waals surface area (Å²) >= 11 is 7.07. The van der Waals surface area contributed by atoms with Gasteiger partial charge in [0.15, 0.2) is 0 Å². The minimum absolute atomic E-state index is 0.948. The Morgan fingerprint density at radius 2 is 1.44 bits per heavy atom. The topological polar surface area (TPSA) is 0 Å². The minimum Gasteiger partial charge on any atom is -0.0925 e. The molecular weight excluding hydrogens is 244 g/mol. The van der Waals surface area contributed by atoms with E-state index in [2.05, 4.69) is 31.9 Å². The van der Waals surface area contributed by atoms with E-state index in [1.165, 1.54) is 29.9 Å². The molecule has 0 spiro atoms. The summed E-state index contributed by atoms with van der Waals surface area (Å²) in [5.74, 6) is 1.90. The monoisotopic (exact) mass is 254 g/mol. The first kappa shape index (κ1) is 8.06. The Kier molecular flexibility index (Phi) is 3.55. The third kappa shape index (κ3) is 1.94. The zero-order valence-electron chi connectivity index (χ0n) is 5.45. The average molecular weight is 256 g/mol. The van der Waals surface area contributed by atoms with Crippen LogP contribution in [0.4, 0.5) is 0 Å². The zero-order chi connectivity index (χ0) is 6.69. The number of hydrogen-bond donors (Lipinski definition) is 0. The van der Waals surface area contributed by atoms with Crippen molar-refractivity contribution in [1.82, 2.24) is 0 Å². The summed E-state index contributed by atoms with van der Waals surface area (Å²) in [6.45, 7) is 0. The van der Waals surface area contributed by atoms with Crippen LogP contribution in [0.5, 0.6) is 0 Å². The van der Waals surface area contributed by atoms with Crippen molar-refractivity contribution in [3.05, 3.63) is 0 Å². The van der Waals surface area contributed by atoms with E-state index in [1.807, 2.05) is 0 Å². The highest BCUT2D eigenvalue weighted by molar-refractivity contribution is 9.09. The molecule has 0 aliphatic heterocycles. The number of halogens is 2. The Morgan fingerprint density at radius 1 is 1.00 bits per heavy atom. The van der Waals surface area contributed by atoms with Gasteiger partial charge >= 0.3 is 0 Å². The Balaban J connectivity index is 2.32. The van der Waals surface area contributed by atoms with E-state index in [-0.39, 0.29) is 0 Å². The van der Waals surface area contributed by atoms with Gasteiger partial charge in [-0.3, -0.25) is 0 Å². The van der Waals surface area contributed by atoms with Gasteiger partial charge in [-0.25, -0.2) is 0 Å². The number of rotatable bonds is 2. The molecule has 54 valence electrons. The molecule has 2 heteroatoms. The summed E-state index contributed by atoms with van der Waals surface area (Å²) in [6.07, 6.45) is 4.30. The fourth-order valence-corrected chi connectivity index (χ4v) is 3.22. The smallest absolute Gasteiger partial charge is 0.00626 e. The van der Waals surface area contributed by atoms with Crippen LogP contribution in [0.1, 0.15) is 19.3 Å². The van der Waals surface area contributed by atoms with Crippen molar-refractivity contribution in [1.29, 1.82) is 0 Å². The lowest BCUT2D eigenvalue weighted by Crippen LogP contribution is -2.09. The Hall–Kier alpha value is 0.960.